The van der Waals surface area contributed by atoms with Crippen molar-refractivity contribution in [3.8, 4) is 0 Å². The third kappa shape index (κ3) is 5.42. The fourth-order valence-corrected chi connectivity index (χ4v) is 3.40. The van der Waals surface area contributed by atoms with Crippen molar-refractivity contribution >= 4 is 11.8 Å². The molecule has 0 aromatic heterocycles. The first-order chi connectivity index (χ1) is 9.77. The monoisotopic (exact) mass is 298 g/mol. The molecule has 1 saturated carbocycles. The van der Waals surface area contributed by atoms with Crippen molar-refractivity contribution in [2.75, 3.05) is 0 Å². The number of hydrogen-bond acceptors (Lipinski definition) is 3. The number of unbranched alkanes of at least 4 members (excludes halogenated alkanes) is 1. The molecule has 0 heterocycles. The summed E-state index contributed by atoms with van der Waals surface area (Å²) in [5.74, 6) is -0.608. The molecular formula is C17H30O4. The summed E-state index contributed by atoms with van der Waals surface area (Å²) in [6.45, 7) is 6.13. The third-order valence-corrected chi connectivity index (χ3v) is 5.00. The minimum absolute atomic E-state index is 0.0131. The van der Waals surface area contributed by atoms with E-state index < -0.39 is 12.1 Å². The Labute approximate surface area is 127 Å². The smallest absolute Gasteiger partial charge is 0.303 e. The Morgan fingerprint density at radius 2 is 1.90 bits per heavy atom. The lowest BCUT2D eigenvalue weighted by molar-refractivity contribution is -0.139. The molecule has 0 radical (unpaired) electrons. The van der Waals surface area contributed by atoms with E-state index in [0.29, 0.717) is 19.3 Å². The maximum Gasteiger partial charge on any atom is 0.303 e. The summed E-state index contributed by atoms with van der Waals surface area (Å²) in [6, 6.07) is 0. The predicted molar refractivity (Wildman–Crippen MR) is 82.0 cm³/mol. The van der Waals surface area contributed by atoms with Crippen LogP contribution in [-0.2, 0) is 9.59 Å². The third-order valence-electron chi connectivity index (χ3n) is 5.00. The van der Waals surface area contributed by atoms with E-state index in [-0.39, 0.29) is 29.5 Å². The number of hydrogen-bond donors (Lipinski definition) is 2. The van der Waals surface area contributed by atoms with Gasteiger partial charge in [-0.2, -0.15) is 0 Å². The second-order valence-electron chi connectivity index (χ2n) is 7.12. The van der Waals surface area contributed by atoms with Crippen LogP contribution < -0.4 is 0 Å². The molecule has 1 aliphatic rings. The van der Waals surface area contributed by atoms with Crippen LogP contribution in [0, 0.1) is 17.3 Å². The minimum Gasteiger partial charge on any atom is -0.481 e. The standard InChI is InChI=1S/C17H30O4/c1-4-5-10-17(2,3)15(19)9-7-12-6-8-14(18)13(12)11-16(20)21/h12-14,18H,4-11H2,1-3H3,(H,20,21)/t12?,13?,14-/m1/s1. The zero-order valence-corrected chi connectivity index (χ0v) is 13.6. The summed E-state index contributed by atoms with van der Waals surface area (Å²) in [4.78, 5) is 23.2. The number of carbonyl (C=O) groups excluding carboxylic acids is 1. The van der Waals surface area contributed by atoms with Crippen LogP contribution in [0.15, 0.2) is 0 Å². The Hall–Kier alpha value is -0.900. The van der Waals surface area contributed by atoms with Gasteiger partial charge < -0.3 is 10.2 Å². The maximum absolute atomic E-state index is 12.4. The van der Waals surface area contributed by atoms with Gasteiger partial charge in [-0.05, 0) is 37.5 Å². The highest BCUT2D eigenvalue weighted by Crippen LogP contribution is 2.38. The molecule has 1 rings (SSSR count). The van der Waals surface area contributed by atoms with Gasteiger partial charge in [-0.3, -0.25) is 9.59 Å². The minimum atomic E-state index is -0.861. The number of aliphatic hydroxyl groups is 1. The molecule has 1 aliphatic carbocycles. The van der Waals surface area contributed by atoms with Gasteiger partial charge in [0.05, 0.1) is 12.5 Å². The van der Waals surface area contributed by atoms with Crippen LogP contribution in [-0.4, -0.2) is 28.1 Å². The van der Waals surface area contributed by atoms with Gasteiger partial charge in [0.2, 0.25) is 0 Å². The molecule has 0 amide bonds. The summed E-state index contributed by atoms with van der Waals surface area (Å²) in [5.41, 5.74) is -0.282. The van der Waals surface area contributed by atoms with Crippen LogP contribution in [0.25, 0.3) is 0 Å². The Morgan fingerprint density at radius 1 is 1.24 bits per heavy atom. The molecule has 122 valence electrons. The van der Waals surface area contributed by atoms with Gasteiger partial charge in [0.1, 0.15) is 5.78 Å². The van der Waals surface area contributed by atoms with Crippen LogP contribution in [0.2, 0.25) is 0 Å². The van der Waals surface area contributed by atoms with E-state index in [1.54, 1.807) is 0 Å². The van der Waals surface area contributed by atoms with E-state index in [9.17, 15) is 14.7 Å². The lowest BCUT2D eigenvalue weighted by Crippen LogP contribution is -2.26. The molecule has 0 aliphatic heterocycles. The summed E-state index contributed by atoms with van der Waals surface area (Å²) in [6.07, 6.45) is 5.27. The number of aliphatic carboxylic acids is 1. The Morgan fingerprint density at radius 3 is 2.48 bits per heavy atom. The van der Waals surface area contributed by atoms with Gasteiger partial charge in [0.25, 0.3) is 0 Å². The van der Waals surface area contributed by atoms with Gasteiger partial charge in [-0.25, -0.2) is 0 Å². The first kappa shape index (κ1) is 18.1. The SMILES string of the molecule is CCCCC(C)(C)C(=O)CCC1CC[C@@H](O)C1CC(=O)O. The molecule has 2 N–H and O–H groups in total. The molecule has 0 saturated heterocycles. The summed E-state index contributed by atoms with van der Waals surface area (Å²) >= 11 is 0. The average Bonchev–Trinajstić information content (AvgIpc) is 2.74. The number of ketones is 1. The van der Waals surface area contributed by atoms with Crippen LogP contribution in [0.1, 0.15) is 72.1 Å². The molecule has 21 heavy (non-hydrogen) atoms. The van der Waals surface area contributed by atoms with E-state index in [0.717, 1.165) is 25.7 Å². The fraction of sp³-hybridized carbons (Fsp3) is 0.882. The summed E-state index contributed by atoms with van der Waals surface area (Å²) < 4.78 is 0. The summed E-state index contributed by atoms with van der Waals surface area (Å²) in [5, 5.41) is 18.8. The first-order valence-corrected chi connectivity index (χ1v) is 8.21. The second kappa shape index (κ2) is 7.92. The number of carbonyl (C=O) groups is 2. The number of Topliss-reactive ketones (excluding diaryl/α,β-unsaturated/α-hetero) is 1. The van der Waals surface area contributed by atoms with E-state index >= 15 is 0 Å². The van der Waals surface area contributed by atoms with Gasteiger partial charge in [-0.1, -0.05) is 33.6 Å². The highest BCUT2D eigenvalue weighted by molar-refractivity contribution is 5.84. The van der Waals surface area contributed by atoms with E-state index in [2.05, 4.69) is 6.92 Å². The molecule has 4 heteroatoms. The predicted octanol–water partition coefficient (Wildman–Crippen LogP) is 3.41. The average molecular weight is 298 g/mol. The zero-order chi connectivity index (χ0) is 16.0. The zero-order valence-electron chi connectivity index (χ0n) is 13.6. The Balaban J connectivity index is 2.49. The van der Waals surface area contributed by atoms with Crippen molar-refractivity contribution in [3.63, 3.8) is 0 Å². The first-order valence-electron chi connectivity index (χ1n) is 8.21. The molecule has 3 atom stereocenters. The van der Waals surface area contributed by atoms with Crippen molar-refractivity contribution in [1.29, 1.82) is 0 Å². The Kier molecular flexibility index (Phi) is 6.85. The van der Waals surface area contributed by atoms with Crippen molar-refractivity contribution in [3.05, 3.63) is 0 Å². The molecule has 4 nitrogen and oxygen atoms in total. The van der Waals surface area contributed by atoms with Crippen molar-refractivity contribution in [2.45, 2.75) is 78.2 Å². The van der Waals surface area contributed by atoms with Crippen LogP contribution in [0.5, 0.6) is 0 Å². The van der Waals surface area contributed by atoms with E-state index in [1.807, 2.05) is 13.8 Å². The molecular weight excluding hydrogens is 268 g/mol. The van der Waals surface area contributed by atoms with Crippen LogP contribution >= 0.6 is 0 Å². The second-order valence-corrected chi connectivity index (χ2v) is 7.12. The van der Waals surface area contributed by atoms with Crippen molar-refractivity contribution in [2.24, 2.45) is 17.3 Å². The van der Waals surface area contributed by atoms with Crippen LogP contribution in [0.3, 0.4) is 0 Å². The molecule has 2 unspecified atom stereocenters. The molecule has 1 fully saturated rings. The normalized spacial score (nSPS) is 26.0. The highest BCUT2D eigenvalue weighted by atomic mass is 16.4. The van der Waals surface area contributed by atoms with Gasteiger partial charge in [-0.15, -0.1) is 0 Å². The topological polar surface area (TPSA) is 74.6 Å². The molecule has 0 bridgehead atoms. The van der Waals surface area contributed by atoms with E-state index in [4.69, 9.17) is 5.11 Å². The lowest BCUT2D eigenvalue weighted by atomic mass is 9.79. The fourth-order valence-electron chi connectivity index (χ4n) is 3.40. The number of carboxylic acid groups (broad SMARTS) is 1. The van der Waals surface area contributed by atoms with E-state index in [1.165, 1.54) is 0 Å². The number of aliphatic hydroxyl groups excluding tert-OH is 1. The quantitative estimate of drug-likeness (QED) is 0.684. The number of carboxylic acids is 1. The van der Waals surface area contributed by atoms with Crippen LogP contribution in [0.4, 0.5) is 0 Å². The summed E-state index contributed by atoms with van der Waals surface area (Å²) in [7, 11) is 0. The highest BCUT2D eigenvalue weighted by Gasteiger charge is 2.37. The molecule has 0 spiro atoms. The lowest BCUT2D eigenvalue weighted by Gasteiger charge is -2.25. The maximum atomic E-state index is 12.4. The van der Waals surface area contributed by atoms with Gasteiger partial charge >= 0.3 is 5.97 Å². The molecule has 0 aromatic carbocycles. The van der Waals surface area contributed by atoms with Gasteiger partial charge in [0.15, 0.2) is 0 Å². The van der Waals surface area contributed by atoms with Gasteiger partial charge in [0, 0.05) is 11.8 Å². The van der Waals surface area contributed by atoms with Crippen molar-refractivity contribution < 1.29 is 19.8 Å². The van der Waals surface area contributed by atoms with Crippen molar-refractivity contribution in [1.82, 2.24) is 0 Å². The largest absolute Gasteiger partial charge is 0.481 e. The number of rotatable bonds is 9. The Bertz CT molecular complexity index is 362. The molecule has 0 aromatic rings.